The molecule has 0 saturated carbocycles. The van der Waals surface area contributed by atoms with Gasteiger partial charge in [0.1, 0.15) is 11.5 Å². The molecule has 2 rings (SSSR count). The topological polar surface area (TPSA) is 18.5 Å². The van der Waals surface area contributed by atoms with Crippen LogP contribution in [-0.4, -0.2) is 12.2 Å². The number of rotatable bonds is 6. The Kier molecular flexibility index (Phi) is 12.8. The molecule has 2 aromatic rings. The molecule has 0 fully saturated rings. The summed E-state index contributed by atoms with van der Waals surface area (Å²) in [6.45, 7) is 16.1. The number of hydrogen-bond donors (Lipinski definition) is 0. The van der Waals surface area contributed by atoms with Gasteiger partial charge in [-0.3, -0.25) is 0 Å². The molecular formula is C24H36O2. The van der Waals surface area contributed by atoms with Crippen molar-refractivity contribution in [3.05, 3.63) is 59.7 Å². The van der Waals surface area contributed by atoms with Crippen LogP contribution in [0.25, 0.3) is 12.2 Å². The van der Waals surface area contributed by atoms with Crippen molar-refractivity contribution in [2.24, 2.45) is 0 Å². The van der Waals surface area contributed by atoms with E-state index in [9.17, 15) is 0 Å². The van der Waals surface area contributed by atoms with Gasteiger partial charge in [-0.2, -0.15) is 0 Å². The summed E-state index contributed by atoms with van der Waals surface area (Å²) >= 11 is 0. The monoisotopic (exact) mass is 356 g/mol. The highest BCUT2D eigenvalue weighted by Crippen LogP contribution is 2.25. The zero-order chi connectivity index (χ0) is 19.9. The predicted octanol–water partition coefficient (Wildman–Crippen LogP) is 7.48. The maximum absolute atomic E-state index is 5.85. The first kappa shape index (κ1) is 23.8. The van der Waals surface area contributed by atoms with E-state index in [1.165, 1.54) is 0 Å². The molecule has 0 amide bonds. The van der Waals surface area contributed by atoms with Crippen LogP contribution in [-0.2, 0) is 0 Å². The number of para-hydroxylation sites is 2. The SMILES string of the molecule is CC.CC.CC(C)Oc1ccccc1/C=C/c1ccccc1OC(C)C. The summed E-state index contributed by atoms with van der Waals surface area (Å²) in [7, 11) is 0. The minimum Gasteiger partial charge on any atom is -0.490 e. The molecule has 0 N–H and O–H groups in total. The molecule has 0 aromatic heterocycles. The van der Waals surface area contributed by atoms with Gasteiger partial charge in [-0.15, -0.1) is 0 Å². The lowest BCUT2D eigenvalue weighted by molar-refractivity contribution is 0.241. The van der Waals surface area contributed by atoms with Crippen LogP contribution in [0.15, 0.2) is 48.5 Å². The largest absolute Gasteiger partial charge is 0.490 e. The summed E-state index contributed by atoms with van der Waals surface area (Å²) in [6, 6.07) is 16.1. The van der Waals surface area contributed by atoms with E-state index in [2.05, 4.69) is 24.3 Å². The van der Waals surface area contributed by atoms with E-state index in [1.54, 1.807) is 0 Å². The molecule has 0 unspecified atom stereocenters. The first-order valence-electron chi connectivity index (χ1n) is 9.75. The van der Waals surface area contributed by atoms with Gasteiger partial charge in [-0.1, -0.05) is 76.2 Å². The zero-order valence-corrected chi connectivity index (χ0v) is 17.7. The van der Waals surface area contributed by atoms with Crippen LogP contribution in [0.4, 0.5) is 0 Å². The van der Waals surface area contributed by atoms with E-state index < -0.39 is 0 Å². The van der Waals surface area contributed by atoms with Gasteiger partial charge in [-0.05, 0) is 39.8 Å². The van der Waals surface area contributed by atoms with E-state index in [1.807, 2.05) is 91.8 Å². The average molecular weight is 357 g/mol. The van der Waals surface area contributed by atoms with Gasteiger partial charge in [0, 0.05) is 11.1 Å². The molecule has 0 saturated heterocycles. The minimum absolute atomic E-state index is 0.158. The summed E-state index contributed by atoms with van der Waals surface area (Å²) in [4.78, 5) is 0. The maximum atomic E-state index is 5.85. The second-order valence-electron chi connectivity index (χ2n) is 5.74. The molecule has 0 bridgehead atoms. The fourth-order valence-corrected chi connectivity index (χ4v) is 2.14. The molecule has 0 aliphatic carbocycles. The lowest BCUT2D eigenvalue weighted by Gasteiger charge is -2.13. The van der Waals surface area contributed by atoms with E-state index in [0.29, 0.717) is 0 Å². The fraction of sp³-hybridized carbons (Fsp3) is 0.417. The van der Waals surface area contributed by atoms with Crippen molar-refractivity contribution in [2.45, 2.75) is 67.6 Å². The molecule has 0 heterocycles. The van der Waals surface area contributed by atoms with Gasteiger partial charge in [0.25, 0.3) is 0 Å². The third-order valence-electron chi connectivity index (χ3n) is 3.01. The van der Waals surface area contributed by atoms with Crippen molar-refractivity contribution >= 4 is 12.2 Å². The predicted molar refractivity (Wildman–Crippen MR) is 116 cm³/mol. The Morgan fingerprint density at radius 1 is 0.577 bits per heavy atom. The third kappa shape index (κ3) is 8.75. The highest BCUT2D eigenvalue weighted by molar-refractivity contribution is 5.74. The van der Waals surface area contributed by atoms with Gasteiger partial charge >= 0.3 is 0 Å². The molecule has 0 radical (unpaired) electrons. The zero-order valence-electron chi connectivity index (χ0n) is 17.7. The molecule has 144 valence electrons. The van der Waals surface area contributed by atoms with Crippen LogP contribution in [0.3, 0.4) is 0 Å². The first-order valence-corrected chi connectivity index (χ1v) is 9.75. The second kappa shape index (κ2) is 14.0. The molecule has 2 nitrogen and oxygen atoms in total. The van der Waals surface area contributed by atoms with Crippen LogP contribution >= 0.6 is 0 Å². The fourth-order valence-electron chi connectivity index (χ4n) is 2.14. The van der Waals surface area contributed by atoms with Crippen molar-refractivity contribution in [3.63, 3.8) is 0 Å². The van der Waals surface area contributed by atoms with E-state index in [4.69, 9.17) is 9.47 Å². The number of benzene rings is 2. The van der Waals surface area contributed by atoms with Crippen molar-refractivity contribution in [3.8, 4) is 11.5 Å². The standard InChI is InChI=1S/C20H24O2.2C2H6/c1-15(2)21-19-11-7-5-9-17(19)13-14-18-10-6-8-12-20(18)22-16(3)4;2*1-2/h5-16H,1-4H3;2*1-2H3/b14-13+;;. The third-order valence-corrected chi connectivity index (χ3v) is 3.01. The highest BCUT2D eigenvalue weighted by Gasteiger charge is 2.04. The minimum atomic E-state index is 0.158. The highest BCUT2D eigenvalue weighted by atomic mass is 16.5. The Morgan fingerprint density at radius 2 is 0.885 bits per heavy atom. The van der Waals surface area contributed by atoms with Crippen molar-refractivity contribution < 1.29 is 9.47 Å². The summed E-state index contributed by atoms with van der Waals surface area (Å²) in [5.74, 6) is 1.80. The molecule has 26 heavy (non-hydrogen) atoms. The Labute approximate surface area is 160 Å². The second-order valence-corrected chi connectivity index (χ2v) is 5.74. The number of hydrogen-bond acceptors (Lipinski definition) is 2. The molecule has 2 aromatic carbocycles. The van der Waals surface area contributed by atoms with Crippen LogP contribution in [0.1, 0.15) is 66.5 Å². The van der Waals surface area contributed by atoms with Crippen molar-refractivity contribution in [2.75, 3.05) is 0 Å². The lowest BCUT2D eigenvalue weighted by Crippen LogP contribution is -2.06. The molecule has 0 aliphatic rings. The van der Waals surface area contributed by atoms with Gasteiger partial charge in [-0.25, -0.2) is 0 Å². The average Bonchev–Trinajstić information content (AvgIpc) is 2.64. The normalized spacial score (nSPS) is 10.1. The summed E-state index contributed by atoms with van der Waals surface area (Å²) in [6.07, 6.45) is 4.46. The van der Waals surface area contributed by atoms with E-state index in [-0.39, 0.29) is 12.2 Å². The summed E-state index contributed by atoms with van der Waals surface area (Å²) in [5, 5.41) is 0. The van der Waals surface area contributed by atoms with Crippen LogP contribution < -0.4 is 9.47 Å². The quantitative estimate of drug-likeness (QED) is 0.499. The lowest BCUT2D eigenvalue weighted by atomic mass is 10.1. The number of ether oxygens (including phenoxy) is 2. The van der Waals surface area contributed by atoms with E-state index >= 15 is 0 Å². The molecule has 2 heteroatoms. The Bertz CT molecular complexity index is 572. The molecule has 0 atom stereocenters. The Hall–Kier alpha value is -2.22. The van der Waals surface area contributed by atoms with Crippen LogP contribution in [0, 0.1) is 0 Å². The molecular weight excluding hydrogens is 320 g/mol. The van der Waals surface area contributed by atoms with Gasteiger partial charge in [0.2, 0.25) is 0 Å². The van der Waals surface area contributed by atoms with Gasteiger partial charge in [0.05, 0.1) is 12.2 Å². The Balaban J connectivity index is 0.00000146. The van der Waals surface area contributed by atoms with Crippen molar-refractivity contribution in [1.82, 2.24) is 0 Å². The molecule has 0 spiro atoms. The summed E-state index contributed by atoms with van der Waals surface area (Å²) in [5.41, 5.74) is 2.13. The summed E-state index contributed by atoms with van der Waals surface area (Å²) < 4.78 is 11.7. The Morgan fingerprint density at radius 3 is 1.19 bits per heavy atom. The molecule has 0 aliphatic heterocycles. The smallest absolute Gasteiger partial charge is 0.126 e. The maximum Gasteiger partial charge on any atom is 0.126 e. The van der Waals surface area contributed by atoms with Crippen LogP contribution in [0.2, 0.25) is 0 Å². The van der Waals surface area contributed by atoms with E-state index in [0.717, 1.165) is 22.6 Å². The van der Waals surface area contributed by atoms with Crippen molar-refractivity contribution in [1.29, 1.82) is 0 Å². The first-order chi connectivity index (χ1) is 12.6. The van der Waals surface area contributed by atoms with Gasteiger partial charge in [0.15, 0.2) is 0 Å². The van der Waals surface area contributed by atoms with Crippen LogP contribution in [0.5, 0.6) is 11.5 Å². The van der Waals surface area contributed by atoms with Gasteiger partial charge < -0.3 is 9.47 Å².